The van der Waals surface area contributed by atoms with Gasteiger partial charge in [0.15, 0.2) is 5.25 Å². The summed E-state index contributed by atoms with van der Waals surface area (Å²) in [5, 5.41) is -0.824. The number of carbonyl (C=O) groups is 2. The second-order valence-corrected chi connectivity index (χ2v) is 5.48. The van der Waals surface area contributed by atoms with Gasteiger partial charge in [-0.05, 0) is 31.5 Å². The zero-order valence-electron chi connectivity index (χ0n) is 11.1. The van der Waals surface area contributed by atoms with Crippen LogP contribution < -0.4 is 0 Å². The fourth-order valence-corrected chi connectivity index (χ4v) is 2.87. The molecule has 5 heteroatoms. The first-order chi connectivity index (χ1) is 8.69. The number of thioether (sulfide) groups is 1. The molecule has 104 valence electrons. The Bertz CT molecular complexity index is 280. The van der Waals surface area contributed by atoms with E-state index in [4.69, 9.17) is 9.47 Å². The minimum atomic E-state index is -0.469. The number of unbranched alkanes of at least 4 members (excludes halogenated alkanes) is 4. The molecule has 0 N–H and O–H groups in total. The second kappa shape index (κ2) is 8.40. The van der Waals surface area contributed by atoms with Crippen molar-refractivity contribution in [2.45, 2.75) is 63.7 Å². The van der Waals surface area contributed by atoms with Crippen LogP contribution in [0, 0.1) is 0 Å². The normalized spacial score (nSPS) is 22.9. The molecule has 1 aliphatic rings. The molecule has 0 bridgehead atoms. The molecule has 1 rings (SSSR count). The highest BCUT2D eigenvalue weighted by Crippen LogP contribution is 2.32. The minimum absolute atomic E-state index is 0.303. The Morgan fingerprint density at radius 1 is 1.28 bits per heavy atom. The lowest BCUT2D eigenvalue weighted by atomic mass is 10.1. The van der Waals surface area contributed by atoms with Crippen LogP contribution >= 0.6 is 11.8 Å². The maximum absolute atomic E-state index is 11.7. The molecule has 0 aromatic heterocycles. The van der Waals surface area contributed by atoms with Crippen LogP contribution in [0.3, 0.4) is 0 Å². The third-order valence-corrected chi connectivity index (χ3v) is 3.96. The van der Waals surface area contributed by atoms with Gasteiger partial charge >= 0.3 is 11.3 Å². The first-order valence-corrected chi connectivity index (χ1v) is 7.60. The van der Waals surface area contributed by atoms with Gasteiger partial charge in [0.1, 0.15) is 6.10 Å². The van der Waals surface area contributed by atoms with Crippen molar-refractivity contribution in [2.75, 3.05) is 6.61 Å². The lowest BCUT2D eigenvalue weighted by molar-refractivity contribution is -0.144. The predicted molar refractivity (Wildman–Crippen MR) is 71.7 cm³/mol. The molecule has 0 spiro atoms. The van der Waals surface area contributed by atoms with Gasteiger partial charge in [-0.2, -0.15) is 0 Å². The van der Waals surface area contributed by atoms with Crippen LogP contribution in [0.4, 0.5) is 4.79 Å². The molecular weight excluding hydrogens is 252 g/mol. The highest BCUT2D eigenvalue weighted by atomic mass is 32.2. The van der Waals surface area contributed by atoms with Crippen LogP contribution in [-0.4, -0.2) is 29.2 Å². The minimum Gasteiger partial charge on any atom is -0.465 e. The van der Waals surface area contributed by atoms with E-state index in [1.165, 1.54) is 19.3 Å². The lowest BCUT2D eigenvalue weighted by Crippen LogP contribution is -2.29. The third kappa shape index (κ3) is 4.88. The Morgan fingerprint density at radius 3 is 2.67 bits per heavy atom. The van der Waals surface area contributed by atoms with Crippen LogP contribution in [-0.2, 0) is 14.3 Å². The van der Waals surface area contributed by atoms with Crippen molar-refractivity contribution in [1.29, 1.82) is 0 Å². The summed E-state index contributed by atoms with van der Waals surface area (Å²) in [4.78, 5) is 22.9. The molecule has 1 aliphatic heterocycles. The van der Waals surface area contributed by atoms with Crippen molar-refractivity contribution in [1.82, 2.24) is 0 Å². The SMILES string of the molecule is CCCCCCC[C@@H]1OC(=O)S[C@H]1C(=O)OCC. The Kier molecular flexibility index (Phi) is 7.16. The molecule has 0 aromatic rings. The monoisotopic (exact) mass is 274 g/mol. The summed E-state index contributed by atoms with van der Waals surface area (Å²) in [6.45, 7) is 4.28. The number of cyclic esters (lactones) is 1. The molecule has 0 saturated carbocycles. The quantitative estimate of drug-likeness (QED) is 0.500. The van der Waals surface area contributed by atoms with E-state index >= 15 is 0 Å². The van der Waals surface area contributed by atoms with Crippen LogP contribution in [0.5, 0.6) is 0 Å². The van der Waals surface area contributed by atoms with E-state index in [1.807, 2.05) is 0 Å². The largest absolute Gasteiger partial charge is 0.465 e. The molecule has 1 fully saturated rings. The molecular formula is C13H22O4S. The van der Waals surface area contributed by atoms with Crippen LogP contribution in [0.1, 0.15) is 52.4 Å². The van der Waals surface area contributed by atoms with Gasteiger partial charge in [0.05, 0.1) is 6.61 Å². The molecule has 4 nitrogen and oxygen atoms in total. The van der Waals surface area contributed by atoms with Crippen molar-refractivity contribution in [3.05, 3.63) is 0 Å². The molecule has 0 unspecified atom stereocenters. The average molecular weight is 274 g/mol. The van der Waals surface area contributed by atoms with E-state index in [2.05, 4.69) is 6.92 Å². The Balaban J connectivity index is 2.32. The van der Waals surface area contributed by atoms with E-state index in [0.29, 0.717) is 6.61 Å². The summed E-state index contributed by atoms with van der Waals surface area (Å²) in [6.07, 6.45) is 6.22. The molecule has 2 atom stereocenters. The Hall–Kier alpha value is -0.710. The summed E-state index contributed by atoms with van der Waals surface area (Å²) in [5.41, 5.74) is 0. The third-order valence-electron chi connectivity index (χ3n) is 2.92. The molecule has 1 saturated heterocycles. The van der Waals surface area contributed by atoms with Gasteiger partial charge in [-0.1, -0.05) is 32.6 Å². The number of ether oxygens (including phenoxy) is 2. The fourth-order valence-electron chi connectivity index (χ4n) is 1.98. The van der Waals surface area contributed by atoms with Gasteiger partial charge in [-0.25, -0.2) is 4.79 Å². The summed E-state index contributed by atoms with van der Waals surface area (Å²) < 4.78 is 10.1. The number of esters is 1. The van der Waals surface area contributed by atoms with Gasteiger partial charge < -0.3 is 9.47 Å². The second-order valence-electron chi connectivity index (χ2n) is 4.40. The molecule has 18 heavy (non-hydrogen) atoms. The van der Waals surface area contributed by atoms with E-state index in [-0.39, 0.29) is 17.4 Å². The van der Waals surface area contributed by atoms with Crippen LogP contribution in [0.15, 0.2) is 0 Å². The fraction of sp³-hybridized carbons (Fsp3) is 0.846. The number of hydrogen-bond acceptors (Lipinski definition) is 5. The topological polar surface area (TPSA) is 52.6 Å². The van der Waals surface area contributed by atoms with Gasteiger partial charge in [-0.3, -0.25) is 4.79 Å². The summed E-state index contributed by atoms with van der Waals surface area (Å²) in [6, 6.07) is 0. The van der Waals surface area contributed by atoms with Crippen molar-refractivity contribution >= 4 is 23.0 Å². The number of carbonyl (C=O) groups excluding carboxylic acids is 2. The molecule has 0 aliphatic carbocycles. The van der Waals surface area contributed by atoms with Crippen LogP contribution in [0.25, 0.3) is 0 Å². The van der Waals surface area contributed by atoms with Gasteiger partial charge in [0, 0.05) is 0 Å². The first kappa shape index (κ1) is 15.3. The smallest absolute Gasteiger partial charge is 0.368 e. The van der Waals surface area contributed by atoms with Gasteiger partial charge in [0.25, 0.3) is 0 Å². The van der Waals surface area contributed by atoms with E-state index in [0.717, 1.165) is 31.0 Å². The van der Waals surface area contributed by atoms with E-state index < -0.39 is 5.25 Å². The zero-order valence-corrected chi connectivity index (χ0v) is 12.0. The summed E-state index contributed by atoms with van der Waals surface area (Å²) in [7, 11) is 0. The van der Waals surface area contributed by atoms with Crippen molar-refractivity contribution in [2.24, 2.45) is 0 Å². The average Bonchev–Trinajstić information content (AvgIpc) is 2.71. The molecule has 0 radical (unpaired) electrons. The van der Waals surface area contributed by atoms with Gasteiger partial charge in [-0.15, -0.1) is 0 Å². The molecule has 0 amide bonds. The maximum Gasteiger partial charge on any atom is 0.368 e. The summed E-state index contributed by atoms with van der Waals surface area (Å²) >= 11 is 0.954. The van der Waals surface area contributed by atoms with Crippen molar-refractivity contribution < 1.29 is 19.1 Å². The number of rotatable bonds is 8. The molecule has 1 heterocycles. The Labute approximate surface area is 113 Å². The Morgan fingerprint density at radius 2 is 2.00 bits per heavy atom. The van der Waals surface area contributed by atoms with Crippen LogP contribution in [0.2, 0.25) is 0 Å². The van der Waals surface area contributed by atoms with E-state index in [1.54, 1.807) is 6.92 Å². The lowest BCUT2D eigenvalue weighted by Gasteiger charge is -2.14. The standard InChI is InChI=1S/C13H22O4S/c1-3-5-6-7-8-9-10-11(12(14)16-4-2)18-13(15)17-10/h10-11H,3-9H2,1-2H3/t10-,11+/m0/s1. The van der Waals surface area contributed by atoms with Crippen molar-refractivity contribution in [3.8, 4) is 0 Å². The highest BCUT2D eigenvalue weighted by molar-refractivity contribution is 8.14. The maximum atomic E-state index is 11.7. The van der Waals surface area contributed by atoms with Gasteiger partial charge in [0.2, 0.25) is 0 Å². The van der Waals surface area contributed by atoms with Crippen molar-refractivity contribution in [3.63, 3.8) is 0 Å². The predicted octanol–water partition coefficient (Wildman–Crippen LogP) is 3.53. The zero-order chi connectivity index (χ0) is 13.4. The highest BCUT2D eigenvalue weighted by Gasteiger charge is 2.41. The van der Waals surface area contributed by atoms with E-state index in [9.17, 15) is 9.59 Å². The molecule has 0 aromatic carbocycles. The summed E-state index contributed by atoms with van der Waals surface area (Å²) in [5.74, 6) is -0.327. The number of hydrogen-bond donors (Lipinski definition) is 0. The first-order valence-electron chi connectivity index (χ1n) is 6.73.